The molecule has 0 heterocycles. The lowest BCUT2D eigenvalue weighted by Gasteiger charge is -2.30. The third-order valence-corrected chi connectivity index (χ3v) is 3.53. The molecule has 3 N–H and O–H groups in total. The van der Waals surface area contributed by atoms with Gasteiger partial charge in [0.05, 0.1) is 0 Å². The number of carbonyl (C=O) groups is 1. The molecule has 0 radical (unpaired) electrons. The van der Waals surface area contributed by atoms with Crippen LogP contribution in [0.1, 0.15) is 33.3 Å². The van der Waals surface area contributed by atoms with Gasteiger partial charge in [-0.3, -0.25) is 0 Å². The number of alkyl carbamates (subject to hydrolysis) is 1. The summed E-state index contributed by atoms with van der Waals surface area (Å²) in [5, 5.41) is 2.82. The number of benzene rings is 1. The fraction of sp³-hybridized carbons (Fsp3) is 0.588. The average Bonchev–Trinajstić information content (AvgIpc) is 2.43. The van der Waals surface area contributed by atoms with Gasteiger partial charge in [0, 0.05) is 38.3 Å². The highest BCUT2D eigenvalue weighted by molar-refractivity contribution is 5.68. The Morgan fingerprint density at radius 3 is 2.41 bits per heavy atom. The molecule has 1 amide bonds. The van der Waals surface area contributed by atoms with Crippen molar-refractivity contribution >= 4 is 11.8 Å². The van der Waals surface area contributed by atoms with E-state index in [2.05, 4.69) is 11.4 Å². The molecule has 0 spiro atoms. The molecule has 124 valence electrons. The number of anilines is 1. The zero-order valence-electron chi connectivity index (χ0n) is 14.6. The van der Waals surface area contributed by atoms with Crippen LogP contribution in [0, 0.1) is 0 Å². The van der Waals surface area contributed by atoms with Gasteiger partial charge in [-0.15, -0.1) is 0 Å². The van der Waals surface area contributed by atoms with E-state index in [1.807, 2.05) is 64.9 Å². The number of hydrogen-bond donors (Lipinski definition) is 2. The van der Waals surface area contributed by atoms with Gasteiger partial charge in [-0.25, -0.2) is 4.79 Å². The van der Waals surface area contributed by atoms with Gasteiger partial charge in [0.25, 0.3) is 0 Å². The molecule has 22 heavy (non-hydrogen) atoms. The first-order chi connectivity index (χ1) is 10.1. The van der Waals surface area contributed by atoms with Crippen LogP contribution in [0.5, 0.6) is 0 Å². The number of rotatable bonds is 5. The number of nitrogens with two attached hydrogens (primary N) is 1. The minimum atomic E-state index is -0.506. The van der Waals surface area contributed by atoms with Crippen molar-refractivity contribution in [2.45, 2.75) is 38.7 Å². The third kappa shape index (κ3) is 5.22. The van der Waals surface area contributed by atoms with E-state index in [1.54, 1.807) is 0 Å². The van der Waals surface area contributed by atoms with Crippen molar-refractivity contribution in [2.75, 3.05) is 32.1 Å². The summed E-state index contributed by atoms with van der Waals surface area (Å²) in [6, 6.07) is 8.19. The van der Waals surface area contributed by atoms with Crippen LogP contribution in [-0.4, -0.2) is 38.9 Å². The van der Waals surface area contributed by atoms with E-state index in [-0.39, 0.29) is 5.41 Å². The van der Waals surface area contributed by atoms with Crippen LogP contribution in [0.15, 0.2) is 24.3 Å². The van der Waals surface area contributed by atoms with Crippen molar-refractivity contribution in [1.82, 2.24) is 5.32 Å². The van der Waals surface area contributed by atoms with Crippen molar-refractivity contribution in [2.24, 2.45) is 5.73 Å². The van der Waals surface area contributed by atoms with E-state index in [9.17, 15) is 4.79 Å². The molecule has 0 aliphatic heterocycles. The predicted molar refractivity (Wildman–Crippen MR) is 91.4 cm³/mol. The molecule has 5 heteroatoms. The van der Waals surface area contributed by atoms with Crippen LogP contribution < -0.4 is 16.0 Å². The Bertz CT molecular complexity index is 509. The molecule has 0 aromatic heterocycles. The maximum Gasteiger partial charge on any atom is 0.407 e. The lowest BCUT2D eigenvalue weighted by atomic mass is 9.82. The minimum absolute atomic E-state index is 0.344. The van der Waals surface area contributed by atoms with Gasteiger partial charge in [-0.05, 0) is 38.5 Å². The standard InChI is InChI=1S/C17H29N3O2/c1-16(2,3)22-15(21)19-12-17(4,11-18)13-8-7-9-14(10-13)20(5)6/h7-10H,11-12,18H2,1-6H3,(H,19,21). The van der Waals surface area contributed by atoms with Crippen LogP contribution in [0.25, 0.3) is 0 Å². The number of ether oxygens (including phenoxy) is 1. The SMILES string of the molecule is CN(C)c1cccc(C(C)(CN)CNC(=O)OC(C)(C)C)c1. The first-order valence-corrected chi connectivity index (χ1v) is 7.52. The molecule has 1 unspecified atom stereocenters. The summed E-state index contributed by atoms with van der Waals surface area (Å²) in [7, 11) is 4.00. The summed E-state index contributed by atoms with van der Waals surface area (Å²) in [6.45, 7) is 8.42. The molecule has 1 aromatic carbocycles. The summed E-state index contributed by atoms with van der Waals surface area (Å²) in [5.41, 5.74) is 7.32. The summed E-state index contributed by atoms with van der Waals surface area (Å²) < 4.78 is 5.28. The smallest absolute Gasteiger partial charge is 0.407 e. The summed E-state index contributed by atoms with van der Waals surface area (Å²) >= 11 is 0. The molecule has 1 rings (SSSR count). The Labute approximate surface area is 133 Å². The molecule has 0 saturated carbocycles. The minimum Gasteiger partial charge on any atom is -0.444 e. The number of hydrogen-bond acceptors (Lipinski definition) is 4. The number of nitrogens with zero attached hydrogens (tertiary/aromatic N) is 1. The number of carbonyl (C=O) groups excluding carboxylic acids is 1. The Hall–Kier alpha value is -1.75. The normalized spacial score (nSPS) is 14.1. The Balaban J connectivity index is 2.84. The van der Waals surface area contributed by atoms with Crippen molar-refractivity contribution in [3.8, 4) is 0 Å². The van der Waals surface area contributed by atoms with Crippen molar-refractivity contribution in [3.63, 3.8) is 0 Å². The molecule has 1 aromatic rings. The van der Waals surface area contributed by atoms with Crippen molar-refractivity contribution in [1.29, 1.82) is 0 Å². The zero-order valence-corrected chi connectivity index (χ0v) is 14.6. The Kier molecular flexibility index (Phi) is 5.83. The number of amides is 1. The lowest BCUT2D eigenvalue weighted by molar-refractivity contribution is 0.0516. The highest BCUT2D eigenvalue weighted by Gasteiger charge is 2.27. The summed E-state index contributed by atoms with van der Waals surface area (Å²) in [5.74, 6) is 0. The fourth-order valence-corrected chi connectivity index (χ4v) is 2.03. The second kappa shape index (κ2) is 7.01. The highest BCUT2D eigenvalue weighted by atomic mass is 16.6. The Morgan fingerprint density at radius 2 is 1.91 bits per heavy atom. The maximum absolute atomic E-state index is 11.8. The van der Waals surface area contributed by atoms with E-state index < -0.39 is 11.7 Å². The fourth-order valence-electron chi connectivity index (χ4n) is 2.03. The largest absolute Gasteiger partial charge is 0.444 e. The molecular weight excluding hydrogens is 278 g/mol. The molecule has 1 atom stereocenters. The monoisotopic (exact) mass is 307 g/mol. The second-order valence-electron chi connectivity index (χ2n) is 7.06. The summed E-state index contributed by atoms with van der Waals surface area (Å²) in [4.78, 5) is 13.9. The van der Waals surface area contributed by atoms with Gasteiger partial charge in [0.1, 0.15) is 5.60 Å². The molecule has 5 nitrogen and oxygen atoms in total. The molecule has 0 aliphatic carbocycles. The van der Waals surface area contributed by atoms with E-state index in [1.165, 1.54) is 0 Å². The predicted octanol–water partition coefficient (Wildman–Crippen LogP) is 2.49. The molecule has 0 aliphatic rings. The molecule has 0 bridgehead atoms. The van der Waals surface area contributed by atoms with Gasteiger partial charge in [0.15, 0.2) is 0 Å². The zero-order chi connectivity index (χ0) is 17.0. The van der Waals surface area contributed by atoms with Gasteiger partial charge in [-0.1, -0.05) is 19.1 Å². The van der Waals surface area contributed by atoms with Gasteiger partial charge >= 0.3 is 6.09 Å². The first-order valence-electron chi connectivity index (χ1n) is 7.52. The van der Waals surface area contributed by atoms with Gasteiger partial charge in [-0.2, -0.15) is 0 Å². The van der Waals surface area contributed by atoms with Crippen LogP contribution in [-0.2, 0) is 10.2 Å². The lowest BCUT2D eigenvalue weighted by Crippen LogP contribution is -2.45. The van der Waals surface area contributed by atoms with Gasteiger partial charge in [0.2, 0.25) is 0 Å². The highest BCUT2D eigenvalue weighted by Crippen LogP contribution is 2.25. The molecule has 0 fully saturated rings. The average molecular weight is 307 g/mol. The van der Waals surface area contributed by atoms with E-state index in [4.69, 9.17) is 10.5 Å². The van der Waals surface area contributed by atoms with E-state index in [0.29, 0.717) is 13.1 Å². The maximum atomic E-state index is 11.8. The van der Waals surface area contributed by atoms with E-state index in [0.717, 1.165) is 11.3 Å². The topological polar surface area (TPSA) is 67.6 Å². The quantitative estimate of drug-likeness (QED) is 0.877. The van der Waals surface area contributed by atoms with Crippen molar-refractivity contribution < 1.29 is 9.53 Å². The van der Waals surface area contributed by atoms with Crippen LogP contribution >= 0.6 is 0 Å². The molecule has 0 saturated heterocycles. The first kappa shape index (κ1) is 18.3. The van der Waals surface area contributed by atoms with Crippen molar-refractivity contribution in [3.05, 3.63) is 29.8 Å². The number of nitrogens with one attached hydrogen (secondary N) is 1. The van der Waals surface area contributed by atoms with Crippen LogP contribution in [0.2, 0.25) is 0 Å². The third-order valence-electron chi connectivity index (χ3n) is 3.53. The van der Waals surface area contributed by atoms with E-state index >= 15 is 0 Å². The molecular formula is C17H29N3O2. The Morgan fingerprint density at radius 1 is 1.27 bits per heavy atom. The summed E-state index contributed by atoms with van der Waals surface area (Å²) in [6.07, 6.45) is -0.420. The van der Waals surface area contributed by atoms with Crippen LogP contribution in [0.4, 0.5) is 10.5 Å². The second-order valence-corrected chi connectivity index (χ2v) is 7.06. The van der Waals surface area contributed by atoms with Crippen LogP contribution in [0.3, 0.4) is 0 Å². The van der Waals surface area contributed by atoms with Gasteiger partial charge < -0.3 is 20.7 Å².